The Hall–Kier alpha value is -4.05. The van der Waals surface area contributed by atoms with Gasteiger partial charge in [-0.05, 0) is 42.3 Å². The number of benzene rings is 3. The van der Waals surface area contributed by atoms with E-state index < -0.39 is 0 Å². The molecule has 2 heterocycles. The molecule has 0 amide bonds. The van der Waals surface area contributed by atoms with Crippen LogP contribution in [0.4, 0.5) is 0 Å². The molecule has 0 spiro atoms. The number of hydrogen-bond acceptors (Lipinski definition) is 3. The van der Waals surface area contributed by atoms with Crippen LogP contribution in [0.3, 0.4) is 0 Å². The average molecular weight is 421 g/mol. The lowest BCUT2D eigenvalue weighted by Gasteiger charge is -2.11. The van der Waals surface area contributed by atoms with Crippen molar-refractivity contribution in [2.24, 2.45) is 7.05 Å². The molecule has 0 aliphatic carbocycles. The SMILES string of the molecule is C=Cc1ccc(COc2ccc3c(c2C)O/C(=C\c2cn(C)c4ccccc24)C3=O)cc1. The van der Waals surface area contributed by atoms with E-state index in [2.05, 4.69) is 12.6 Å². The van der Waals surface area contributed by atoms with Crippen molar-refractivity contribution in [1.29, 1.82) is 0 Å². The Bertz CT molecular complexity index is 1390. The van der Waals surface area contributed by atoms with Crippen LogP contribution in [0.25, 0.3) is 23.1 Å². The number of ether oxygens (including phenoxy) is 2. The fraction of sp³-hybridized carbons (Fsp3) is 0.107. The highest BCUT2D eigenvalue weighted by Crippen LogP contribution is 2.40. The summed E-state index contributed by atoms with van der Waals surface area (Å²) in [5.41, 5.74) is 5.58. The molecule has 1 aliphatic rings. The maximum Gasteiger partial charge on any atom is 0.231 e. The highest BCUT2D eigenvalue weighted by atomic mass is 16.5. The van der Waals surface area contributed by atoms with Crippen molar-refractivity contribution in [3.05, 3.63) is 107 Å². The summed E-state index contributed by atoms with van der Waals surface area (Å²) in [4.78, 5) is 13.0. The Labute approximate surface area is 187 Å². The third-order valence-electron chi connectivity index (χ3n) is 5.86. The van der Waals surface area contributed by atoms with E-state index in [0.29, 0.717) is 29.4 Å². The zero-order chi connectivity index (χ0) is 22.2. The quantitative estimate of drug-likeness (QED) is 0.354. The fourth-order valence-corrected chi connectivity index (χ4v) is 4.06. The van der Waals surface area contributed by atoms with Crippen molar-refractivity contribution in [2.45, 2.75) is 13.5 Å². The van der Waals surface area contributed by atoms with Crippen molar-refractivity contribution in [3.63, 3.8) is 0 Å². The van der Waals surface area contributed by atoms with Crippen LogP contribution < -0.4 is 9.47 Å². The van der Waals surface area contributed by atoms with Crippen LogP contribution in [-0.4, -0.2) is 10.4 Å². The molecule has 0 unspecified atom stereocenters. The minimum absolute atomic E-state index is 0.109. The van der Waals surface area contributed by atoms with Crippen LogP contribution in [0, 0.1) is 6.92 Å². The van der Waals surface area contributed by atoms with Crippen molar-refractivity contribution in [1.82, 2.24) is 4.57 Å². The van der Waals surface area contributed by atoms with Gasteiger partial charge in [-0.2, -0.15) is 0 Å². The van der Waals surface area contributed by atoms with Gasteiger partial charge < -0.3 is 14.0 Å². The number of aromatic nitrogens is 1. The number of para-hydroxylation sites is 1. The number of allylic oxidation sites excluding steroid dienone is 1. The van der Waals surface area contributed by atoms with E-state index in [9.17, 15) is 4.79 Å². The summed E-state index contributed by atoms with van der Waals surface area (Å²) in [7, 11) is 2.00. The molecule has 0 bridgehead atoms. The van der Waals surface area contributed by atoms with Gasteiger partial charge in [0.1, 0.15) is 18.1 Å². The first-order valence-electron chi connectivity index (χ1n) is 10.5. The third kappa shape index (κ3) is 3.40. The van der Waals surface area contributed by atoms with E-state index in [1.807, 2.05) is 85.4 Å². The second kappa shape index (κ2) is 7.89. The van der Waals surface area contributed by atoms with Gasteiger partial charge in [-0.25, -0.2) is 0 Å². The molecule has 1 aliphatic heterocycles. The Morgan fingerprint density at radius 2 is 1.84 bits per heavy atom. The first-order chi connectivity index (χ1) is 15.5. The van der Waals surface area contributed by atoms with Crippen molar-refractivity contribution < 1.29 is 14.3 Å². The predicted molar refractivity (Wildman–Crippen MR) is 128 cm³/mol. The largest absolute Gasteiger partial charge is 0.488 e. The molecule has 0 radical (unpaired) electrons. The molecule has 158 valence electrons. The molecule has 4 heteroatoms. The Kier molecular flexibility index (Phi) is 4.91. The molecule has 0 saturated heterocycles. The first-order valence-corrected chi connectivity index (χ1v) is 10.5. The minimum atomic E-state index is -0.109. The highest BCUT2D eigenvalue weighted by Gasteiger charge is 2.30. The summed E-state index contributed by atoms with van der Waals surface area (Å²) >= 11 is 0. The van der Waals surface area contributed by atoms with Crippen LogP contribution >= 0.6 is 0 Å². The number of carbonyl (C=O) groups is 1. The van der Waals surface area contributed by atoms with Gasteiger partial charge in [-0.3, -0.25) is 4.79 Å². The van der Waals surface area contributed by atoms with Gasteiger partial charge in [0.2, 0.25) is 5.78 Å². The lowest BCUT2D eigenvalue weighted by Crippen LogP contribution is -1.98. The zero-order valence-corrected chi connectivity index (χ0v) is 18.1. The molecule has 0 atom stereocenters. The van der Waals surface area contributed by atoms with Gasteiger partial charge in [0, 0.05) is 35.3 Å². The fourth-order valence-electron chi connectivity index (χ4n) is 4.06. The van der Waals surface area contributed by atoms with Gasteiger partial charge in [0.25, 0.3) is 0 Å². The van der Waals surface area contributed by atoms with Crippen LogP contribution in [0.2, 0.25) is 0 Å². The van der Waals surface area contributed by atoms with Crippen LogP contribution in [-0.2, 0) is 13.7 Å². The van der Waals surface area contributed by atoms with E-state index in [4.69, 9.17) is 9.47 Å². The highest BCUT2D eigenvalue weighted by molar-refractivity contribution is 6.15. The number of hydrogen-bond donors (Lipinski definition) is 0. The average Bonchev–Trinajstić information content (AvgIpc) is 3.31. The number of nitrogens with zero attached hydrogens (tertiary/aromatic N) is 1. The molecule has 4 nitrogen and oxygen atoms in total. The summed E-state index contributed by atoms with van der Waals surface area (Å²) < 4.78 is 14.1. The third-order valence-corrected chi connectivity index (χ3v) is 5.86. The normalized spacial score (nSPS) is 13.9. The predicted octanol–water partition coefficient (Wildman–Crippen LogP) is 6.32. The standard InChI is InChI=1S/C28H23NO3/c1-4-19-9-11-20(12-10-19)17-31-25-14-13-23-27(30)26(32-28(23)18(25)2)15-21-16-29(3)24-8-6-5-7-22(21)24/h4-16H,1,17H2,2-3H3/b26-15-. The summed E-state index contributed by atoms with van der Waals surface area (Å²) in [5, 5.41) is 1.08. The topological polar surface area (TPSA) is 40.5 Å². The number of fused-ring (bicyclic) bond motifs is 2. The zero-order valence-electron chi connectivity index (χ0n) is 18.1. The van der Waals surface area contributed by atoms with E-state index in [-0.39, 0.29) is 5.78 Å². The van der Waals surface area contributed by atoms with Gasteiger partial charge in [0.05, 0.1) is 5.56 Å². The summed E-state index contributed by atoms with van der Waals surface area (Å²) in [6, 6.07) is 19.8. The summed E-state index contributed by atoms with van der Waals surface area (Å²) in [5.74, 6) is 1.50. The van der Waals surface area contributed by atoms with Crippen LogP contribution in [0.1, 0.15) is 32.6 Å². The molecule has 1 aromatic heterocycles. The Balaban J connectivity index is 1.41. The molecule has 5 rings (SSSR count). The van der Waals surface area contributed by atoms with Crippen molar-refractivity contribution in [3.8, 4) is 11.5 Å². The first kappa shape index (κ1) is 19.9. The van der Waals surface area contributed by atoms with Crippen LogP contribution in [0.15, 0.2) is 79.2 Å². The maximum absolute atomic E-state index is 13.0. The molecular weight excluding hydrogens is 398 g/mol. The number of carbonyl (C=O) groups excluding carboxylic acids is 1. The van der Waals surface area contributed by atoms with Gasteiger partial charge in [0.15, 0.2) is 5.76 Å². The Morgan fingerprint density at radius 1 is 1.06 bits per heavy atom. The van der Waals surface area contributed by atoms with Crippen LogP contribution in [0.5, 0.6) is 11.5 Å². The monoisotopic (exact) mass is 421 g/mol. The van der Waals surface area contributed by atoms with Crippen molar-refractivity contribution in [2.75, 3.05) is 0 Å². The maximum atomic E-state index is 13.0. The minimum Gasteiger partial charge on any atom is -0.488 e. The van der Waals surface area contributed by atoms with Gasteiger partial charge in [-0.15, -0.1) is 0 Å². The number of aryl methyl sites for hydroxylation is 1. The lowest BCUT2D eigenvalue weighted by molar-refractivity contribution is 0.101. The van der Waals surface area contributed by atoms with E-state index in [0.717, 1.165) is 33.2 Å². The molecule has 32 heavy (non-hydrogen) atoms. The molecule has 0 saturated carbocycles. The molecule has 3 aromatic carbocycles. The number of rotatable bonds is 5. The number of Topliss-reactive ketones (excluding diaryl/α,β-unsaturated/α-hetero) is 1. The van der Waals surface area contributed by atoms with E-state index >= 15 is 0 Å². The lowest BCUT2D eigenvalue weighted by atomic mass is 10.1. The summed E-state index contributed by atoms with van der Waals surface area (Å²) in [6.07, 6.45) is 5.65. The van der Waals surface area contributed by atoms with Crippen molar-refractivity contribution >= 4 is 28.8 Å². The van der Waals surface area contributed by atoms with Gasteiger partial charge in [-0.1, -0.05) is 55.1 Å². The van der Waals surface area contributed by atoms with E-state index in [1.165, 1.54) is 0 Å². The smallest absolute Gasteiger partial charge is 0.231 e. The molecule has 0 N–H and O–H groups in total. The molecule has 0 fully saturated rings. The molecule has 4 aromatic rings. The molecular formula is C28H23NO3. The summed E-state index contributed by atoms with van der Waals surface area (Å²) in [6.45, 7) is 6.13. The second-order valence-corrected chi connectivity index (χ2v) is 7.95. The van der Waals surface area contributed by atoms with E-state index in [1.54, 1.807) is 6.07 Å². The number of ketones is 1. The Morgan fingerprint density at radius 3 is 2.62 bits per heavy atom. The van der Waals surface area contributed by atoms with Gasteiger partial charge >= 0.3 is 0 Å². The second-order valence-electron chi connectivity index (χ2n) is 7.95.